The molecule has 0 radical (unpaired) electrons. The molecule has 7 heterocycles. The fraction of sp³-hybridized carbons (Fsp3) is 0.366. The maximum atomic E-state index is 15.9. The minimum absolute atomic E-state index is 0.0306. The fourth-order valence-corrected chi connectivity index (χ4v) is 8.86. The van der Waals surface area contributed by atoms with E-state index in [2.05, 4.69) is 30.0 Å². The van der Waals surface area contributed by atoms with Crippen molar-refractivity contribution in [2.45, 2.75) is 44.7 Å². The van der Waals surface area contributed by atoms with Gasteiger partial charge in [0.25, 0.3) is 11.8 Å². The van der Waals surface area contributed by atoms with Gasteiger partial charge in [-0.3, -0.25) is 43.8 Å². The van der Waals surface area contributed by atoms with Crippen LogP contribution in [0.3, 0.4) is 0 Å². The van der Waals surface area contributed by atoms with Gasteiger partial charge in [-0.2, -0.15) is 8.78 Å². The zero-order valence-corrected chi connectivity index (χ0v) is 30.8. The van der Waals surface area contributed by atoms with Crippen LogP contribution in [0.4, 0.5) is 29.1 Å². The number of piperazine rings is 1. The number of piperidine rings is 2. The highest BCUT2D eigenvalue weighted by atomic mass is 19.3. The van der Waals surface area contributed by atoms with Gasteiger partial charge in [-0.15, -0.1) is 0 Å². The summed E-state index contributed by atoms with van der Waals surface area (Å²) in [4.78, 5) is 66.6. The monoisotopic (exact) mass is 782 g/mol. The first-order valence-electron chi connectivity index (χ1n) is 19.2. The number of aromatic nitrogens is 3. The number of imide groups is 2. The summed E-state index contributed by atoms with van der Waals surface area (Å²) in [5.41, 5.74) is 0.828. The highest BCUT2D eigenvalue weighted by molar-refractivity contribution is 6.23. The SMILES string of the molecule is O=C1CCC(N2C(=O)c3ccc(N4CCN(CCC5CCN(c6ccc(-c7c(F)cc8c9cnccc9n(C(F)F)c8c7F)cn6)CC5)CC4)cc3C2=O)C(=O)N1. The molecule has 1 unspecified atom stereocenters. The molecule has 0 aliphatic carbocycles. The molecule has 5 aromatic rings. The number of carbonyl (C=O) groups is 4. The Morgan fingerprint density at radius 3 is 2.30 bits per heavy atom. The third kappa shape index (κ3) is 6.45. The van der Waals surface area contributed by atoms with Gasteiger partial charge >= 0.3 is 6.55 Å². The number of nitrogens with one attached hydrogen (secondary N) is 1. The van der Waals surface area contributed by atoms with Crippen molar-refractivity contribution in [1.82, 2.24) is 29.7 Å². The summed E-state index contributed by atoms with van der Waals surface area (Å²) >= 11 is 0. The molecule has 4 amide bonds. The maximum Gasteiger partial charge on any atom is 0.319 e. The van der Waals surface area contributed by atoms with Crippen molar-refractivity contribution in [3.8, 4) is 11.1 Å². The van der Waals surface area contributed by atoms with E-state index in [1.165, 1.54) is 24.7 Å². The lowest BCUT2D eigenvalue weighted by Crippen LogP contribution is -2.54. The van der Waals surface area contributed by atoms with Gasteiger partial charge in [0.05, 0.1) is 27.7 Å². The molecular weight excluding hydrogens is 744 g/mol. The van der Waals surface area contributed by atoms with Crippen LogP contribution in [0.15, 0.2) is 61.1 Å². The number of alkyl halides is 2. The van der Waals surface area contributed by atoms with E-state index in [4.69, 9.17) is 0 Å². The van der Waals surface area contributed by atoms with Crippen LogP contribution in [-0.4, -0.2) is 99.8 Å². The van der Waals surface area contributed by atoms with Crippen LogP contribution in [0.25, 0.3) is 32.9 Å². The number of rotatable bonds is 8. The van der Waals surface area contributed by atoms with Crippen molar-refractivity contribution < 1.29 is 36.7 Å². The Hall–Kier alpha value is -5.90. The van der Waals surface area contributed by atoms with Gasteiger partial charge in [-0.05, 0) is 80.6 Å². The standard InChI is InChI=1S/C41H38F4N8O4/c42-30-20-27-29-22-46-11-7-31(29)52(41(44)45)37(27)36(43)35(30)24-1-5-33(47-21-24)51-13-9-23(10-14-51)8-12-49-15-17-50(18-16-49)25-2-3-26-28(19-25)40(57)53(39(26)56)32-4-6-34(54)48-38(32)55/h1-3,5,7,11,19-23,32,41H,4,6,8-10,12-18H2,(H,48,54,55). The largest absolute Gasteiger partial charge is 0.369 e. The smallest absolute Gasteiger partial charge is 0.319 e. The summed E-state index contributed by atoms with van der Waals surface area (Å²) in [6.07, 6.45) is 7.21. The summed E-state index contributed by atoms with van der Waals surface area (Å²) in [6, 6.07) is 9.96. The lowest BCUT2D eigenvalue weighted by Gasteiger charge is -2.38. The molecule has 0 spiro atoms. The summed E-state index contributed by atoms with van der Waals surface area (Å²) < 4.78 is 60.2. The zero-order chi connectivity index (χ0) is 39.5. The summed E-state index contributed by atoms with van der Waals surface area (Å²) in [5, 5.41) is 2.49. The number of benzene rings is 2. The number of nitrogens with zero attached hydrogens (tertiary/aromatic N) is 7. The van der Waals surface area contributed by atoms with Gasteiger partial charge in [0.2, 0.25) is 11.8 Å². The normalized spacial score (nSPS) is 19.7. The van der Waals surface area contributed by atoms with E-state index in [0.29, 0.717) is 16.3 Å². The van der Waals surface area contributed by atoms with Gasteiger partial charge in [0.1, 0.15) is 17.7 Å². The van der Waals surface area contributed by atoms with E-state index in [9.17, 15) is 28.0 Å². The van der Waals surface area contributed by atoms with Gasteiger partial charge in [-0.1, -0.05) is 0 Å². The van der Waals surface area contributed by atoms with Gasteiger partial charge in [0, 0.05) is 86.3 Å². The third-order valence-corrected chi connectivity index (χ3v) is 12.0. The Bertz CT molecular complexity index is 2440. The minimum Gasteiger partial charge on any atom is -0.369 e. The van der Waals surface area contributed by atoms with E-state index in [1.807, 2.05) is 6.07 Å². The fourth-order valence-electron chi connectivity index (χ4n) is 8.86. The van der Waals surface area contributed by atoms with E-state index >= 15 is 8.78 Å². The zero-order valence-electron chi connectivity index (χ0n) is 30.8. The molecule has 4 aliphatic rings. The molecule has 1 N–H and O–H groups in total. The molecule has 0 saturated carbocycles. The molecule has 3 aromatic heterocycles. The summed E-state index contributed by atoms with van der Waals surface area (Å²) in [6.45, 7) is 2.67. The van der Waals surface area contributed by atoms with E-state index in [-0.39, 0.29) is 51.3 Å². The first kappa shape index (κ1) is 36.7. The number of anilines is 2. The minimum atomic E-state index is -3.04. The molecule has 0 bridgehead atoms. The van der Waals surface area contributed by atoms with Crippen molar-refractivity contribution in [2.75, 3.05) is 55.6 Å². The van der Waals surface area contributed by atoms with Crippen LogP contribution < -0.4 is 15.1 Å². The Morgan fingerprint density at radius 2 is 1.58 bits per heavy atom. The second kappa shape index (κ2) is 14.6. The lowest BCUT2D eigenvalue weighted by molar-refractivity contribution is -0.136. The van der Waals surface area contributed by atoms with Crippen LogP contribution in [-0.2, 0) is 9.59 Å². The van der Waals surface area contributed by atoms with Gasteiger partial charge in [-0.25, -0.2) is 13.8 Å². The van der Waals surface area contributed by atoms with Crippen molar-refractivity contribution in [3.63, 3.8) is 0 Å². The van der Waals surface area contributed by atoms with Crippen molar-refractivity contribution in [2.24, 2.45) is 5.92 Å². The predicted molar refractivity (Wildman–Crippen MR) is 203 cm³/mol. The molecule has 3 fully saturated rings. The Kier molecular flexibility index (Phi) is 9.38. The van der Waals surface area contributed by atoms with Crippen molar-refractivity contribution in [1.29, 1.82) is 0 Å². The lowest BCUT2D eigenvalue weighted by atomic mass is 9.93. The Morgan fingerprint density at radius 1 is 0.807 bits per heavy atom. The number of pyridine rings is 2. The second-order valence-electron chi connectivity index (χ2n) is 15.1. The number of hydrogen-bond acceptors (Lipinski definition) is 9. The predicted octanol–water partition coefficient (Wildman–Crippen LogP) is 5.75. The van der Waals surface area contributed by atoms with E-state index < -0.39 is 53.4 Å². The Balaban J connectivity index is 0.776. The van der Waals surface area contributed by atoms with Crippen LogP contribution in [0.5, 0.6) is 0 Å². The van der Waals surface area contributed by atoms with Crippen molar-refractivity contribution >= 4 is 56.9 Å². The van der Waals surface area contributed by atoms with Crippen LogP contribution >= 0.6 is 0 Å². The molecule has 1 atom stereocenters. The maximum absolute atomic E-state index is 15.9. The molecule has 4 aliphatic heterocycles. The molecule has 2 aromatic carbocycles. The molecule has 16 heteroatoms. The van der Waals surface area contributed by atoms with E-state index in [1.54, 1.807) is 24.3 Å². The van der Waals surface area contributed by atoms with Crippen LogP contribution in [0.2, 0.25) is 0 Å². The number of carbonyl (C=O) groups excluding carboxylic acids is 4. The van der Waals surface area contributed by atoms with Gasteiger partial charge in [0.15, 0.2) is 5.82 Å². The van der Waals surface area contributed by atoms with Crippen LogP contribution in [0, 0.1) is 17.6 Å². The summed E-state index contributed by atoms with van der Waals surface area (Å²) in [7, 11) is 0. The Labute approximate surface area is 324 Å². The second-order valence-corrected chi connectivity index (χ2v) is 15.1. The molecule has 3 saturated heterocycles. The van der Waals surface area contributed by atoms with Crippen molar-refractivity contribution in [3.05, 3.63) is 83.8 Å². The summed E-state index contributed by atoms with van der Waals surface area (Å²) in [5.74, 6) is -2.80. The molecule has 57 heavy (non-hydrogen) atoms. The first-order valence-corrected chi connectivity index (χ1v) is 19.2. The van der Waals surface area contributed by atoms with Gasteiger partial charge < -0.3 is 9.80 Å². The highest BCUT2D eigenvalue weighted by Gasteiger charge is 2.45. The number of hydrogen-bond donors (Lipinski definition) is 1. The van der Waals surface area contributed by atoms with Crippen LogP contribution in [0.1, 0.15) is 59.4 Å². The molecule has 9 rings (SSSR count). The van der Waals surface area contributed by atoms with E-state index in [0.717, 1.165) is 81.7 Å². The molecule has 294 valence electrons. The molecular formula is C41H38F4N8O4. The topological polar surface area (TPSA) is 124 Å². The third-order valence-electron chi connectivity index (χ3n) is 12.0. The quantitative estimate of drug-likeness (QED) is 0.155. The average molecular weight is 783 g/mol. The number of halogens is 4. The number of fused-ring (bicyclic) bond motifs is 4. The highest BCUT2D eigenvalue weighted by Crippen LogP contribution is 2.40. The first-order chi connectivity index (χ1) is 27.6. The average Bonchev–Trinajstić information content (AvgIpc) is 3.68. The molecule has 12 nitrogen and oxygen atoms in total. The number of amides is 4.